The van der Waals surface area contributed by atoms with Gasteiger partial charge in [-0.2, -0.15) is 5.10 Å². The molecule has 1 aromatic heterocycles. The van der Waals surface area contributed by atoms with Gasteiger partial charge in [-0.3, -0.25) is 4.79 Å². The summed E-state index contributed by atoms with van der Waals surface area (Å²) in [4.78, 5) is 24.8. The van der Waals surface area contributed by atoms with Crippen molar-refractivity contribution in [2.24, 2.45) is 0 Å². The average Bonchev–Trinajstić information content (AvgIpc) is 3.02. The molecule has 3 rings (SSSR count). The first-order valence-electron chi connectivity index (χ1n) is 9.21. The number of methoxy groups -OCH3 is 2. The number of rotatable bonds is 6. The predicted octanol–water partition coefficient (Wildman–Crippen LogP) is 3.60. The first-order chi connectivity index (χ1) is 14.3. The highest BCUT2D eigenvalue weighted by molar-refractivity contribution is 6.02. The number of hydrogen-bond acceptors (Lipinski definition) is 5. The fourth-order valence-electron chi connectivity index (χ4n) is 3.16. The molecule has 0 aliphatic heterocycles. The summed E-state index contributed by atoms with van der Waals surface area (Å²) in [5.74, 6) is -0.752. The monoisotopic (exact) mass is 411 g/mol. The zero-order chi connectivity index (χ0) is 21.8. The second kappa shape index (κ2) is 8.77. The molecule has 0 bridgehead atoms. The lowest BCUT2D eigenvalue weighted by Gasteiger charge is -2.12. The molecule has 0 aliphatic rings. The van der Waals surface area contributed by atoms with Crippen molar-refractivity contribution in [3.8, 4) is 11.4 Å². The van der Waals surface area contributed by atoms with Crippen molar-refractivity contribution >= 4 is 17.6 Å². The minimum Gasteiger partial charge on any atom is -0.497 e. The minimum atomic E-state index is -0.583. The first kappa shape index (κ1) is 21.0. The average molecular weight is 411 g/mol. The Balaban J connectivity index is 1.84. The van der Waals surface area contributed by atoms with E-state index in [0.717, 1.165) is 11.3 Å². The van der Waals surface area contributed by atoms with Gasteiger partial charge >= 0.3 is 5.97 Å². The van der Waals surface area contributed by atoms with Crippen molar-refractivity contribution in [1.82, 2.24) is 9.78 Å². The third-order valence-electron chi connectivity index (χ3n) is 4.76. The van der Waals surface area contributed by atoms with Crippen LogP contribution in [0.5, 0.6) is 5.75 Å². The number of aromatic nitrogens is 2. The van der Waals surface area contributed by atoms with E-state index in [1.54, 1.807) is 28.9 Å². The minimum absolute atomic E-state index is 0.0610. The quantitative estimate of drug-likeness (QED) is 0.627. The Morgan fingerprint density at radius 1 is 1.10 bits per heavy atom. The molecule has 2 aromatic carbocycles. The Morgan fingerprint density at radius 2 is 1.80 bits per heavy atom. The van der Waals surface area contributed by atoms with Gasteiger partial charge in [0.15, 0.2) is 0 Å². The summed E-state index contributed by atoms with van der Waals surface area (Å²) >= 11 is 0. The van der Waals surface area contributed by atoms with Gasteiger partial charge in [0.05, 0.1) is 43.3 Å². The number of halogens is 1. The highest BCUT2D eigenvalue weighted by Crippen LogP contribution is 2.24. The molecule has 0 aliphatic carbocycles. The number of ether oxygens (including phenoxy) is 2. The fourth-order valence-corrected chi connectivity index (χ4v) is 3.16. The smallest absolute Gasteiger partial charge is 0.340 e. The molecule has 3 aromatic rings. The van der Waals surface area contributed by atoms with Crippen LogP contribution in [0.25, 0.3) is 5.69 Å². The summed E-state index contributed by atoms with van der Waals surface area (Å²) in [6, 6.07) is 10.7. The van der Waals surface area contributed by atoms with Gasteiger partial charge in [-0.15, -0.1) is 0 Å². The molecule has 8 heteroatoms. The number of nitrogens with zero attached hydrogens (tertiary/aromatic N) is 2. The van der Waals surface area contributed by atoms with E-state index in [0.29, 0.717) is 22.8 Å². The van der Waals surface area contributed by atoms with E-state index in [-0.39, 0.29) is 23.7 Å². The summed E-state index contributed by atoms with van der Waals surface area (Å²) < 4.78 is 24.8. The van der Waals surface area contributed by atoms with Crippen LogP contribution in [0, 0.1) is 19.7 Å². The molecule has 1 N–H and O–H groups in total. The van der Waals surface area contributed by atoms with Crippen LogP contribution < -0.4 is 10.1 Å². The van der Waals surface area contributed by atoms with Gasteiger partial charge in [0.2, 0.25) is 5.91 Å². The second-order valence-corrected chi connectivity index (χ2v) is 6.67. The standard InChI is InChI=1S/C22H22FN3O4/c1-13-18(14(2)26(25-13)16-7-5-15(23)6-8-16)12-21(27)24-20-10-9-17(29-3)11-19(20)22(28)30-4/h5-11H,12H2,1-4H3,(H,24,27). The lowest BCUT2D eigenvalue weighted by Crippen LogP contribution is -2.18. The number of anilines is 1. The van der Waals surface area contributed by atoms with Crippen molar-refractivity contribution in [3.05, 3.63) is 70.8 Å². The molecule has 0 saturated carbocycles. The molecule has 0 spiro atoms. The molecule has 7 nitrogen and oxygen atoms in total. The van der Waals surface area contributed by atoms with Crippen LogP contribution >= 0.6 is 0 Å². The summed E-state index contributed by atoms with van der Waals surface area (Å²) in [5.41, 5.74) is 3.44. The maximum Gasteiger partial charge on any atom is 0.340 e. The maximum atomic E-state index is 13.2. The molecular weight excluding hydrogens is 389 g/mol. The van der Waals surface area contributed by atoms with E-state index < -0.39 is 5.97 Å². The third-order valence-corrected chi connectivity index (χ3v) is 4.76. The summed E-state index contributed by atoms with van der Waals surface area (Å²) in [6.45, 7) is 3.65. The van der Waals surface area contributed by atoms with Crippen LogP contribution in [0.3, 0.4) is 0 Å². The van der Waals surface area contributed by atoms with Gasteiger partial charge in [-0.05, 0) is 56.3 Å². The molecule has 0 radical (unpaired) electrons. The van der Waals surface area contributed by atoms with Gasteiger partial charge in [0.25, 0.3) is 0 Å². The predicted molar refractivity (Wildman–Crippen MR) is 110 cm³/mol. The molecule has 0 unspecified atom stereocenters. The molecule has 0 saturated heterocycles. The number of carbonyl (C=O) groups excluding carboxylic acids is 2. The molecule has 1 heterocycles. The van der Waals surface area contributed by atoms with Crippen LogP contribution in [-0.2, 0) is 16.0 Å². The fraction of sp³-hybridized carbons (Fsp3) is 0.227. The number of esters is 1. The SMILES string of the molecule is COC(=O)c1cc(OC)ccc1NC(=O)Cc1c(C)nn(-c2ccc(F)cc2)c1C. The van der Waals surface area contributed by atoms with Gasteiger partial charge < -0.3 is 14.8 Å². The van der Waals surface area contributed by atoms with E-state index in [1.165, 1.54) is 32.4 Å². The zero-order valence-electron chi connectivity index (χ0n) is 17.2. The Bertz CT molecular complexity index is 1090. The van der Waals surface area contributed by atoms with Crippen molar-refractivity contribution in [2.75, 3.05) is 19.5 Å². The lowest BCUT2D eigenvalue weighted by molar-refractivity contribution is -0.115. The van der Waals surface area contributed by atoms with Crippen molar-refractivity contribution in [1.29, 1.82) is 0 Å². The Hall–Kier alpha value is -3.68. The van der Waals surface area contributed by atoms with Crippen LogP contribution in [-0.4, -0.2) is 35.9 Å². The Kier molecular flexibility index (Phi) is 6.15. The second-order valence-electron chi connectivity index (χ2n) is 6.67. The lowest BCUT2D eigenvalue weighted by atomic mass is 10.1. The van der Waals surface area contributed by atoms with E-state index >= 15 is 0 Å². The Labute approximate surface area is 173 Å². The van der Waals surface area contributed by atoms with Gasteiger partial charge in [-0.25, -0.2) is 13.9 Å². The van der Waals surface area contributed by atoms with Crippen LogP contribution in [0.15, 0.2) is 42.5 Å². The maximum absolute atomic E-state index is 13.2. The van der Waals surface area contributed by atoms with Crippen molar-refractivity contribution in [2.45, 2.75) is 20.3 Å². The van der Waals surface area contributed by atoms with E-state index in [2.05, 4.69) is 10.4 Å². The van der Waals surface area contributed by atoms with Gasteiger partial charge in [0.1, 0.15) is 11.6 Å². The van der Waals surface area contributed by atoms with Crippen molar-refractivity contribution in [3.63, 3.8) is 0 Å². The van der Waals surface area contributed by atoms with Crippen LogP contribution in [0.1, 0.15) is 27.3 Å². The number of carbonyl (C=O) groups is 2. The van der Waals surface area contributed by atoms with Gasteiger partial charge in [0, 0.05) is 11.3 Å². The summed E-state index contributed by atoms with van der Waals surface area (Å²) in [5, 5.41) is 7.23. The van der Waals surface area contributed by atoms with E-state index in [4.69, 9.17) is 9.47 Å². The largest absolute Gasteiger partial charge is 0.497 e. The van der Waals surface area contributed by atoms with Crippen LogP contribution in [0.4, 0.5) is 10.1 Å². The highest BCUT2D eigenvalue weighted by Gasteiger charge is 2.19. The van der Waals surface area contributed by atoms with E-state index in [9.17, 15) is 14.0 Å². The van der Waals surface area contributed by atoms with Crippen molar-refractivity contribution < 1.29 is 23.5 Å². The molecular formula is C22H22FN3O4. The normalized spacial score (nSPS) is 10.6. The summed E-state index contributed by atoms with van der Waals surface area (Å²) in [7, 11) is 2.75. The number of nitrogens with one attached hydrogen (secondary N) is 1. The number of benzene rings is 2. The van der Waals surface area contributed by atoms with E-state index in [1.807, 2.05) is 13.8 Å². The molecule has 156 valence electrons. The Morgan fingerprint density at radius 3 is 2.43 bits per heavy atom. The molecule has 30 heavy (non-hydrogen) atoms. The molecule has 1 amide bonds. The summed E-state index contributed by atoms with van der Waals surface area (Å²) in [6.07, 6.45) is 0.0610. The first-order valence-corrected chi connectivity index (χ1v) is 9.21. The number of hydrogen-bond donors (Lipinski definition) is 1. The third kappa shape index (κ3) is 4.32. The topological polar surface area (TPSA) is 82.4 Å². The highest BCUT2D eigenvalue weighted by atomic mass is 19.1. The molecule has 0 fully saturated rings. The number of aryl methyl sites for hydroxylation is 1. The number of amides is 1. The molecule has 0 atom stereocenters. The van der Waals surface area contributed by atoms with Gasteiger partial charge in [-0.1, -0.05) is 0 Å². The van der Waals surface area contributed by atoms with Crippen LogP contribution in [0.2, 0.25) is 0 Å². The zero-order valence-corrected chi connectivity index (χ0v) is 17.2.